The molecule has 2 aromatic heterocycles. The number of benzene rings is 7. The number of hydrogen-bond donors (Lipinski definition) is 0. The van der Waals surface area contributed by atoms with Crippen LogP contribution in [0.3, 0.4) is 0 Å². The van der Waals surface area contributed by atoms with E-state index in [0.29, 0.717) is 0 Å². The van der Waals surface area contributed by atoms with Crippen LogP contribution in [0.2, 0.25) is 0 Å². The molecule has 0 spiro atoms. The lowest BCUT2D eigenvalue weighted by Crippen LogP contribution is -2.10. The van der Waals surface area contributed by atoms with E-state index in [-0.39, 0.29) is 0 Å². The van der Waals surface area contributed by atoms with E-state index >= 15 is 0 Å². The predicted octanol–water partition coefficient (Wildman–Crippen LogP) is 12.8. The van der Waals surface area contributed by atoms with Gasteiger partial charge in [0.05, 0.1) is 11.1 Å². The topological polar surface area (TPSA) is 16.4 Å². The molecule has 0 amide bonds. The number of nitrogens with zero attached hydrogens (tertiary/aromatic N) is 1. The summed E-state index contributed by atoms with van der Waals surface area (Å²) < 4.78 is 9.24. The van der Waals surface area contributed by atoms with Crippen LogP contribution in [-0.2, 0) is 0 Å². The van der Waals surface area contributed by atoms with Gasteiger partial charge in [0.1, 0.15) is 11.2 Å². The van der Waals surface area contributed by atoms with Gasteiger partial charge in [0.25, 0.3) is 0 Å². The summed E-state index contributed by atoms with van der Waals surface area (Å²) >= 11 is 1.85. The van der Waals surface area contributed by atoms with E-state index in [1.807, 2.05) is 11.3 Å². The molecule has 0 unspecified atom stereocenters. The van der Waals surface area contributed by atoms with Crippen molar-refractivity contribution in [1.82, 2.24) is 0 Å². The first kappa shape index (κ1) is 25.8. The summed E-state index contributed by atoms with van der Waals surface area (Å²) in [5.74, 6) is 0. The summed E-state index contributed by atoms with van der Waals surface area (Å²) in [5.41, 5.74) is 9.72. The van der Waals surface area contributed by atoms with Crippen molar-refractivity contribution < 1.29 is 4.42 Å². The maximum Gasteiger partial charge on any atom is 0.143 e. The lowest BCUT2D eigenvalue weighted by molar-refractivity contribution is 0.670. The van der Waals surface area contributed by atoms with Crippen molar-refractivity contribution in [3.05, 3.63) is 164 Å². The molecule has 0 fully saturated rings. The number of anilines is 3. The first-order chi connectivity index (χ1) is 22.3. The van der Waals surface area contributed by atoms with Crippen LogP contribution in [0.25, 0.3) is 64.4 Å². The molecule has 0 aliphatic rings. The van der Waals surface area contributed by atoms with Gasteiger partial charge in [0.2, 0.25) is 0 Å². The third-order valence-electron chi connectivity index (χ3n) is 8.68. The number of rotatable bonds is 5. The Hall–Kier alpha value is -5.64. The molecular weight excluding hydrogens is 567 g/mol. The van der Waals surface area contributed by atoms with Crippen LogP contribution in [0.1, 0.15) is 0 Å². The van der Waals surface area contributed by atoms with Crippen LogP contribution in [-0.4, -0.2) is 0 Å². The predicted molar refractivity (Wildman–Crippen MR) is 192 cm³/mol. The first-order valence-corrected chi connectivity index (χ1v) is 16.0. The summed E-state index contributed by atoms with van der Waals surface area (Å²) in [6.07, 6.45) is 0. The van der Waals surface area contributed by atoms with E-state index in [0.717, 1.165) is 50.1 Å². The van der Waals surface area contributed by atoms with Crippen molar-refractivity contribution in [3.8, 4) is 22.3 Å². The molecule has 0 saturated carbocycles. The van der Waals surface area contributed by atoms with Gasteiger partial charge in [0.15, 0.2) is 0 Å². The van der Waals surface area contributed by atoms with E-state index in [9.17, 15) is 0 Å². The summed E-state index contributed by atoms with van der Waals surface area (Å²) in [4.78, 5) is 2.38. The van der Waals surface area contributed by atoms with Crippen LogP contribution >= 0.6 is 11.3 Å². The van der Waals surface area contributed by atoms with Crippen LogP contribution < -0.4 is 4.90 Å². The van der Waals surface area contributed by atoms with Crippen molar-refractivity contribution in [2.45, 2.75) is 0 Å². The SMILES string of the molecule is c1ccc(-c2ccc(N(c3ccc4c(c3)sc3ccccc34)c3cccc4oc5c(-c6ccccc6)cccc5c34)cc2)cc1. The van der Waals surface area contributed by atoms with Crippen molar-refractivity contribution >= 4 is 70.5 Å². The molecular formula is C42H27NOS. The smallest absolute Gasteiger partial charge is 0.143 e. The number of fused-ring (bicyclic) bond motifs is 6. The van der Waals surface area contributed by atoms with Crippen LogP contribution in [0.15, 0.2) is 168 Å². The van der Waals surface area contributed by atoms with Gasteiger partial charge in [-0.15, -0.1) is 11.3 Å². The van der Waals surface area contributed by atoms with Gasteiger partial charge in [-0.25, -0.2) is 0 Å². The van der Waals surface area contributed by atoms with Crippen molar-refractivity contribution in [2.24, 2.45) is 0 Å². The third-order valence-corrected chi connectivity index (χ3v) is 9.81. The quantitative estimate of drug-likeness (QED) is 0.197. The largest absolute Gasteiger partial charge is 0.455 e. The minimum absolute atomic E-state index is 0.875. The second-order valence-electron chi connectivity index (χ2n) is 11.3. The van der Waals surface area contributed by atoms with Gasteiger partial charge >= 0.3 is 0 Å². The van der Waals surface area contributed by atoms with Crippen molar-refractivity contribution in [3.63, 3.8) is 0 Å². The van der Waals surface area contributed by atoms with Crippen molar-refractivity contribution in [2.75, 3.05) is 4.90 Å². The highest BCUT2D eigenvalue weighted by molar-refractivity contribution is 7.25. The number of para-hydroxylation sites is 1. The first-order valence-electron chi connectivity index (χ1n) is 15.2. The Morgan fingerprint density at radius 2 is 1.09 bits per heavy atom. The van der Waals surface area contributed by atoms with Gasteiger partial charge in [-0.05, 0) is 59.2 Å². The van der Waals surface area contributed by atoms with E-state index in [1.54, 1.807) is 0 Å². The number of thiophene rings is 1. The maximum atomic E-state index is 6.66. The highest BCUT2D eigenvalue weighted by Crippen LogP contribution is 2.46. The molecule has 9 rings (SSSR count). The summed E-state index contributed by atoms with van der Waals surface area (Å²) in [7, 11) is 0. The van der Waals surface area contributed by atoms with E-state index in [2.05, 4.69) is 169 Å². The second-order valence-corrected chi connectivity index (χ2v) is 12.4. The summed E-state index contributed by atoms with van der Waals surface area (Å²) in [5, 5.41) is 4.81. The van der Waals surface area contributed by atoms with Crippen molar-refractivity contribution in [1.29, 1.82) is 0 Å². The van der Waals surface area contributed by atoms with E-state index in [1.165, 1.54) is 31.3 Å². The molecule has 45 heavy (non-hydrogen) atoms. The molecule has 2 nitrogen and oxygen atoms in total. The highest BCUT2D eigenvalue weighted by atomic mass is 32.1. The average Bonchev–Trinajstić information content (AvgIpc) is 3.68. The Bertz CT molecular complexity index is 2470. The number of hydrogen-bond acceptors (Lipinski definition) is 3. The Morgan fingerprint density at radius 3 is 1.91 bits per heavy atom. The highest BCUT2D eigenvalue weighted by Gasteiger charge is 2.21. The fourth-order valence-corrected chi connectivity index (χ4v) is 7.71. The molecule has 3 heteroatoms. The maximum absolute atomic E-state index is 6.66. The minimum Gasteiger partial charge on any atom is -0.455 e. The molecule has 0 N–H and O–H groups in total. The summed E-state index contributed by atoms with van der Waals surface area (Å²) in [6, 6.07) is 58.3. The molecule has 0 saturated heterocycles. The second kappa shape index (κ2) is 10.5. The van der Waals surface area contributed by atoms with Gasteiger partial charge in [-0.3, -0.25) is 0 Å². The lowest BCUT2D eigenvalue weighted by Gasteiger charge is -2.26. The average molecular weight is 594 g/mol. The zero-order valence-corrected chi connectivity index (χ0v) is 25.2. The van der Waals surface area contributed by atoms with Crippen LogP contribution in [0.4, 0.5) is 17.1 Å². The third kappa shape index (κ3) is 4.32. The molecule has 9 aromatic rings. The van der Waals surface area contributed by atoms with Gasteiger partial charge < -0.3 is 9.32 Å². The minimum atomic E-state index is 0.875. The normalized spacial score (nSPS) is 11.6. The standard InChI is InChI=1S/C42H27NOS/c1-3-11-28(12-4-1)29-21-23-31(24-22-29)43(32-25-26-35-34-15-7-8-20-39(34)45-40(35)27-32)37-18-10-19-38-41(37)36-17-9-16-33(42(36)44-38)30-13-5-2-6-14-30/h1-27H. The molecule has 0 aliphatic carbocycles. The molecule has 212 valence electrons. The fraction of sp³-hybridized carbons (Fsp3) is 0. The Balaban J connectivity index is 1.28. The molecule has 2 heterocycles. The lowest BCUT2D eigenvalue weighted by atomic mass is 10.0. The van der Waals surface area contributed by atoms with Crippen LogP contribution in [0, 0.1) is 0 Å². The van der Waals surface area contributed by atoms with Gasteiger partial charge in [-0.2, -0.15) is 0 Å². The molecule has 0 radical (unpaired) electrons. The fourth-order valence-electron chi connectivity index (χ4n) is 6.57. The van der Waals surface area contributed by atoms with E-state index in [4.69, 9.17) is 4.42 Å². The summed E-state index contributed by atoms with van der Waals surface area (Å²) in [6.45, 7) is 0. The zero-order valence-electron chi connectivity index (χ0n) is 24.4. The molecule has 7 aromatic carbocycles. The zero-order chi connectivity index (χ0) is 29.7. The number of furan rings is 1. The molecule has 0 bridgehead atoms. The monoisotopic (exact) mass is 593 g/mol. The van der Waals surface area contributed by atoms with Gasteiger partial charge in [0, 0.05) is 42.5 Å². The molecule has 0 aliphatic heterocycles. The molecule has 0 atom stereocenters. The Morgan fingerprint density at radius 1 is 0.444 bits per heavy atom. The van der Waals surface area contributed by atoms with Crippen LogP contribution in [0.5, 0.6) is 0 Å². The Labute approximate surface area is 265 Å². The van der Waals surface area contributed by atoms with E-state index < -0.39 is 0 Å². The van der Waals surface area contributed by atoms with Gasteiger partial charge in [-0.1, -0.05) is 121 Å². The Kier molecular flexibility index (Phi) is 6.03.